The minimum absolute atomic E-state index is 0.0659. The molecule has 0 unspecified atom stereocenters. The van der Waals surface area contributed by atoms with E-state index in [1.807, 2.05) is 0 Å². The number of thiophene rings is 1. The Hall–Kier alpha value is -2.54. The maximum absolute atomic E-state index is 11.2. The van der Waals surface area contributed by atoms with E-state index in [-0.39, 0.29) is 11.4 Å². The van der Waals surface area contributed by atoms with Gasteiger partial charge in [0.25, 0.3) is 0 Å². The number of fused-ring (bicyclic) bond motifs is 3. The zero-order valence-corrected chi connectivity index (χ0v) is 13.2. The molecule has 6 nitrogen and oxygen atoms in total. The smallest absolute Gasteiger partial charge is 0.311 e. The van der Waals surface area contributed by atoms with Crippen molar-refractivity contribution in [3.63, 3.8) is 0 Å². The van der Waals surface area contributed by atoms with Crippen LogP contribution in [0.25, 0.3) is 10.2 Å². The molecule has 116 valence electrons. The summed E-state index contributed by atoms with van der Waals surface area (Å²) in [5, 5.41) is 12.1. The van der Waals surface area contributed by atoms with Crippen molar-refractivity contribution in [1.82, 2.24) is 9.97 Å². The molecule has 1 aliphatic carbocycles. The van der Waals surface area contributed by atoms with E-state index >= 15 is 0 Å². The normalized spacial score (nSPS) is 13.3. The molecular weight excluding hydrogens is 314 g/mol. The predicted molar refractivity (Wildman–Crippen MR) is 87.3 cm³/mol. The van der Waals surface area contributed by atoms with Crippen molar-refractivity contribution in [3.05, 3.63) is 50.6 Å². The summed E-state index contributed by atoms with van der Waals surface area (Å²) in [6.45, 7) is 1.80. The largest absolute Gasteiger partial charge is 0.431 e. The van der Waals surface area contributed by atoms with Gasteiger partial charge < -0.3 is 4.74 Å². The summed E-state index contributed by atoms with van der Waals surface area (Å²) < 4.78 is 5.86. The fraction of sp³-hybridized carbons (Fsp3) is 0.250. The third-order valence-corrected chi connectivity index (χ3v) is 5.10. The van der Waals surface area contributed by atoms with Gasteiger partial charge in [-0.05, 0) is 37.8 Å². The topological polar surface area (TPSA) is 78.2 Å². The summed E-state index contributed by atoms with van der Waals surface area (Å²) in [5.74, 6) is 1.22. The van der Waals surface area contributed by atoms with E-state index in [9.17, 15) is 10.1 Å². The molecule has 2 heterocycles. The molecule has 0 aliphatic heterocycles. The van der Waals surface area contributed by atoms with Gasteiger partial charge in [-0.15, -0.1) is 11.3 Å². The number of ether oxygens (including phenoxy) is 1. The number of hydrogen-bond acceptors (Lipinski definition) is 6. The van der Waals surface area contributed by atoms with Crippen LogP contribution in [-0.4, -0.2) is 14.9 Å². The van der Waals surface area contributed by atoms with Crippen LogP contribution in [0.5, 0.6) is 11.6 Å². The molecular formula is C16H13N3O3S. The molecule has 0 N–H and O–H groups in total. The van der Waals surface area contributed by atoms with E-state index in [4.69, 9.17) is 4.74 Å². The highest BCUT2D eigenvalue weighted by Crippen LogP contribution is 2.42. The average molecular weight is 327 g/mol. The Bertz CT molecular complexity index is 936. The third kappa shape index (κ3) is 2.33. The van der Waals surface area contributed by atoms with Gasteiger partial charge in [0, 0.05) is 10.9 Å². The Balaban J connectivity index is 1.88. The number of hydrogen-bond donors (Lipinski definition) is 0. The number of rotatable bonds is 3. The average Bonchev–Trinajstić information content (AvgIpc) is 3.07. The molecule has 0 bridgehead atoms. The van der Waals surface area contributed by atoms with Gasteiger partial charge in [0.1, 0.15) is 10.7 Å². The van der Waals surface area contributed by atoms with E-state index in [1.165, 1.54) is 16.5 Å². The van der Waals surface area contributed by atoms with Crippen LogP contribution in [0.2, 0.25) is 0 Å². The highest BCUT2D eigenvalue weighted by atomic mass is 32.1. The quantitative estimate of drug-likeness (QED) is 0.532. The van der Waals surface area contributed by atoms with E-state index in [1.54, 1.807) is 36.5 Å². The van der Waals surface area contributed by atoms with Crippen LogP contribution in [0.15, 0.2) is 24.3 Å². The Labute approximate surface area is 135 Å². The molecule has 0 fully saturated rings. The third-order valence-electron chi connectivity index (χ3n) is 3.91. The summed E-state index contributed by atoms with van der Waals surface area (Å²) in [4.78, 5) is 21.8. The van der Waals surface area contributed by atoms with Crippen LogP contribution in [0.3, 0.4) is 0 Å². The Morgan fingerprint density at radius 3 is 2.91 bits per heavy atom. The lowest BCUT2D eigenvalue weighted by Crippen LogP contribution is -1.97. The van der Waals surface area contributed by atoms with Crippen LogP contribution in [0.1, 0.15) is 22.7 Å². The van der Waals surface area contributed by atoms with Gasteiger partial charge in [0.2, 0.25) is 11.6 Å². The lowest BCUT2D eigenvalue weighted by molar-refractivity contribution is -0.385. The van der Waals surface area contributed by atoms with E-state index < -0.39 is 4.92 Å². The van der Waals surface area contributed by atoms with Gasteiger partial charge in [0.15, 0.2) is 0 Å². The molecule has 7 heteroatoms. The molecule has 1 aromatic carbocycles. The van der Waals surface area contributed by atoms with E-state index in [0.717, 1.165) is 29.5 Å². The van der Waals surface area contributed by atoms with Crippen LogP contribution >= 0.6 is 11.3 Å². The van der Waals surface area contributed by atoms with Crippen molar-refractivity contribution in [3.8, 4) is 11.6 Å². The van der Waals surface area contributed by atoms with Crippen molar-refractivity contribution in [1.29, 1.82) is 0 Å². The second-order valence-corrected chi connectivity index (χ2v) is 6.52. The zero-order chi connectivity index (χ0) is 16.0. The summed E-state index contributed by atoms with van der Waals surface area (Å²) in [6, 6.07) is 6.35. The molecule has 0 saturated carbocycles. The van der Waals surface area contributed by atoms with Gasteiger partial charge >= 0.3 is 5.69 Å². The molecule has 0 spiro atoms. The first-order valence-corrected chi connectivity index (χ1v) is 8.15. The monoisotopic (exact) mass is 327 g/mol. The number of benzene rings is 1. The standard InChI is InChI=1S/C16H13N3O3S/c1-9-17-15(22-12-7-3-2-6-11(12)19(20)21)14-10-5-4-8-13(10)23-16(14)18-9/h2-3,6-7H,4-5,8H2,1H3. The molecule has 0 radical (unpaired) electrons. The highest BCUT2D eigenvalue weighted by Gasteiger charge is 2.24. The molecule has 23 heavy (non-hydrogen) atoms. The van der Waals surface area contributed by atoms with Gasteiger partial charge in [0.05, 0.1) is 10.3 Å². The number of para-hydroxylation sites is 2. The number of nitro benzene ring substituents is 1. The fourth-order valence-corrected chi connectivity index (χ4v) is 4.23. The van der Waals surface area contributed by atoms with Crippen molar-refractivity contribution in [2.75, 3.05) is 0 Å². The number of aromatic nitrogens is 2. The summed E-state index contributed by atoms with van der Waals surface area (Å²) in [7, 11) is 0. The predicted octanol–water partition coefficient (Wildman–Crippen LogP) is 4.19. The minimum atomic E-state index is -0.446. The first kappa shape index (κ1) is 14.1. The second kappa shape index (κ2) is 5.27. The van der Waals surface area contributed by atoms with Gasteiger partial charge in [-0.3, -0.25) is 10.1 Å². The highest BCUT2D eigenvalue weighted by molar-refractivity contribution is 7.19. The minimum Gasteiger partial charge on any atom is -0.431 e. The van der Waals surface area contributed by atoms with Crippen molar-refractivity contribution in [2.45, 2.75) is 26.2 Å². The summed E-state index contributed by atoms with van der Waals surface area (Å²) >= 11 is 1.67. The molecule has 0 amide bonds. The van der Waals surface area contributed by atoms with Crippen LogP contribution < -0.4 is 4.74 Å². The van der Waals surface area contributed by atoms with E-state index in [0.29, 0.717) is 11.7 Å². The first-order valence-electron chi connectivity index (χ1n) is 7.33. The number of nitrogens with zero attached hydrogens (tertiary/aromatic N) is 3. The molecule has 2 aromatic heterocycles. The van der Waals surface area contributed by atoms with Crippen molar-refractivity contribution in [2.24, 2.45) is 0 Å². The van der Waals surface area contributed by atoms with Crippen LogP contribution in [0, 0.1) is 17.0 Å². The lowest BCUT2D eigenvalue weighted by Gasteiger charge is -2.08. The van der Waals surface area contributed by atoms with Gasteiger partial charge in [-0.2, -0.15) is 4.98 Å². The molecule has 1 aliphatic rings. The number of nitro groups is 1. The molecule has 0 saturated heterocycles. The van der Waals surface area contributed by atoms with Gasteiger partial charge in [-0.1, -0.05) is 12.1 Å². The SMILES string of the molecule is Cc1nc(Oc2ccccc2[N+](=O)[O-])c2c3c(sc2n1)CCC3. The summed E-state index contributed by atoms with van der Waals surface area (Å²) in [6.07, 6.45) is 3.16. The van der Waals surface area contributed by atoms with Crippen LogP contribution in [-0.2, 0) is 12.8 Å². The lowest BCUT2D eigenvalue weighted by atomic mass is 10.2. The first-order chi connectivity index (χ1) is 11.1. The van der Waals surface area contributed by atoms with Crippen LogP contribution in [0.4, 0.5) is 5.69 Å². The maximum atomic E-state index is 11.2. The molecule has 3 aromatic rings. The van der Waals surface area contributed by atoms with Crippen molar-refractivity contribution >= 4 is 27.2 Å². The fourth-order valence-electron chi connectivity index (χ4n) is 2.94. The molecule has 4 rings (SSSR count). The Morgan fingerprint density at radius 2 is 2.09 bits per heavy atom. The Morgan fingerprint density at radius 1 is 1.26 bits per heavy atom. The van der Waals surface area contributed by atoms with E-state index in [2.05, 4.69) is 9.97 Å². The zero-order valence-electron chi connectivity index (χ0n) is 12.4. The maximum Gasteiger partial charge on any atom is 0.311 e. The summed E-state index contributed by atoms with van der Waals surface area (Å²) in [5.41, 5.74) is 1.17. The molecule has 0 atom stereocenters. The number of aryl methyl sites for hydroxylation is 3. The van der Waals surface area contributed by atoms with Gasteiger partial charge in [-0.25, -0.2) is 4.98 Å². The van der Waals surface area contributed by atoms with Crippen molar-refractivity contribution < 1.29 is 9.66 Å². The Kier molecular flexibility index (Phi) is 3.23. The second-order valence-electron chi connectivity index (χ2n) is 5.44.